The zero-order valence-electron chi connectivity index (χ0n) is 9.03. The predicted octanol–water partition coefficient (Wildman–Crippen LogP) is 0.949. The Bertz CT molecular complexity index is 522. The average molecular weight is 220 g/mol. The first-order chi connectivity index (χ1) is 7.61. The van der Waals surface area contributed by atoms with Gasteiger partial charge in [0.15, 0.2) is 0 Å². The maximum Gasteiger partial charge on any atom is 0.306 e. The first-order valence-corrected chi connectivity index (χ1v) is 4.99. The van der Waals surface area contributed by atoms with Crippen LogP contribution in [0.5, 0.6) is 0 Å². The topological polar surface area (TPSA) is 80.4 Å². The number of aromatic nitrogens is 4. The van der Waals surface area contributed by atoms with Crippen LogP contribution in [0.3, 0.4) is 0 Å². The molecule has 6 heteroatoms. The molecule has 2 aromatic rings. The summed E-state index contributed by atoms with van der Waals surface area (Å²) < 4.78 is 1.71. The normalized spacial score (nSPS) is 14.9. The van der Waals surface area contributed by atoms with Gasteiger partial charge >= 0.3 is 5.97 Å². The van der Waals surface area contributed by atoms with Gasteiger partial charge in [0, 0.05) is 18.3 Å². The van der Waals surface area contributed by atoms with Gasteiger partial charge in [-0.2, -0.15) is 0 Å². The van der Waals surface area contributed by atoms with Crippen molar-refractivity contribution in [3.8, 4) is 0 Å². The summed E-state index contributed by atoms with van der Waals surface area (Å²) in [4.78, 5) is 14.9. The van der Waals surface area contributed by atoms with Crippen LogP contribution in [-0.2, 0) is 4.79 Å². The number of hydrogen-bond acceptors (Lipinski definition) is 4. The Morgan fingerprint density at radius 3 is 2.88 bits per heavy atom. The molecule has 2 heterocycles. The lowest BCUT2D eigenvalue weighted by molar-refractivity contribution is -0.141. The van der Waals surface area contributed by atoms with Crippen LogP contribution in [-0.4, -0.2) is 30.7 Å². The van der Waals surface area contributed by atoms with Gasteiger partial charge in [-0.3, -0.25) is 9.20 Å². The van der Waals surface area contributed by atoms with E-state index in [1.165, 1.54) is 0 Å². The summed E-state index contributed by atoms with van der Waals surface area (Å²) in [6.45, 7) is 3.48. The van der Waals surface area contributed by atoms with Crippen molar-refractivity contribution >= 4 is 11.7 Å². The molecule has 0 spiro atoms. The fraction of sp³-hybridized carbons (Fsp3) is 0.400. The molecule has 0 saturated heterocycles. The third-order valence-corrected chi connectivity index (χ3v) is 2.76. The molecule has 0 aliphatic carbocycles. The van der Waals surface area contributed by atoms with Crippen molar-refractivity contribution < 1.29 is 9.90 Å². The van der Waals surface area contributed by atoms with Gasteiger partial charge in [-0.1, -0.05) is 13.8 Å². The lowest BCUT2D eigenvalue weighted by atomic mass is 9.95. The zero-order chi connectivity index (χ0) is 11.7. The number of carboxylic acid groups (broad SMARTS) is 1. The maximum atomic E-state index is 10.9. The highest BCUT2D eigenvalue weighted by Gasteiger charge is 2.25. The Morgan fingerprint density at radius 1 is 1.44 bits per heavy atom. The Kier molecular flexibility index (Phi) is 2.55. The molecule has 0 radical (unpaired) electrons. The molecule has 0 fully saturated rings. The van der Waals surface area contributed by atoms with Gasteiger partial charge in [0.25, 0.3) is 5.78 Å². The summed E-state index contributed by atoms with van der Waals surface area (Å²) in [6, 6.07) is 1.76. The van der Waals surface area contributed by atoms with Crippen LogP contribution in [0.1, 0.15) is 25.6 Å². The molecule has 0 aliphatic rings. The number of aliphatic carboxylic acids is 1. The van der Waals surface area contributed by atoms with Gasteiger partial charge in [0.05, 0.1) is 5.92 Å². The monoisotopic (exact) mass is 220 g/mol. The second-order valence-corrected chi connectivity index (χ2v) is 3.76. The highest BCUT2D eigenvalue weighted by Crippen LogP contribution is 2.22. The Morgan fingerprint density at radius 2 is 2.19 bits per heavy atom. The van der Waals surface area contributed by atoms with Gasteiger partial charge in [0.2, 0.25) is 0 Å². The van der Waals surface area contributed by atoms with Crippen LogP contribution in [0.2, 0.25) is 0 Å². The SMILES string of the molecule is CC(C(=O)O)C(C)c1nnc2ncccn12. The van der Waals surface area contributed by atoms with E-state index in [9.17, 15) is 4.79 Å². The molecule has 16 heavy (non-hydrogen) atoms. The van der Waals surface area contributed by atoms with Crippen molar-refractivity contribution in [1.29, 1.82) is 0 Å². The van der Waals surface area contributed by atoms with Crippen molar-refractivity contribution in [1.82, 2.24) is 19.6 Å². The zero-order valence-corrected chi connectivity index (χ0v) is 9.03. The first-order valence-electron chi connectivity index (χ1n) is 4.99. The predicted molar refractivity (Wildman–Crippen MR) is 56.0 cm³/mol. The summed E-state index contributed by atoms with van der Waals surface area (Å²) in [7, 11) is 0. The lowest BCUT2D eigenvalue weighted by Gasteiger charge is -2.13. The van der Waals surface area contributed by atoms with E-state index in [-0.39, 0.29) is 5.92 Å². The molecule has 2 unspecified atom stereocenters. The van der Waals surface area contributed by atoms with Crippen molar-refractivity contribution in [2.75, 3.05) is 0 Å². The number of carboxylic acids is 1. The van der Waals surface area contributed by atoms with Crippen molar-refractivity contribution in [3.63, 3.8) is 0 Å². The first kappa shape index (κ1) is 10.5. The standard InChI is InChI=1S/C10H12N4O2/c1-6(7(2)9(15)16)8-12-13-10-11-4-3-5-14(8)10/h3-7H,1-2H3,(H,15,16). The van der Waals surface area contributed by atoms with Gasteiger partial charge in [-0.05, 0) is 6.07 Å². The number of hydrogen-bond donors (Lipinski definition) is 1. The van der Waals surface area contributed by atoms with Crippen LogP contribution >= 0.6 is 0 Å². The largest absolute Gasteiger partial charge is 0.481 e. The maximum absolute atomic E-state index is 10.9. The Labute approximate surface area is 92.0 Å². The van der Waals surface area contributed by atoms with Crippen LogP contribution in [0.15, 0.2) is 18.5 Å². The van der Waals surface area contributed by atoms with Crippen LogP contribution in [0, 0.1) is 5.92 Å². The quantitative estimate of drug-likeness (QED) is 0.832. The Balaban J connectivity index is 2.44. The van der Waals surface area contributed by atoms with Crippen molar-refractivity contribution in [2.24, 2.45) is 5.92 Å². The summed E-state index contributed by atoms with van der Waals surface area (Å²) >= 11 is 0. The van der Waals surface area contributed by atoms with Gasteiger partial charge in [-0.15, -0.1) is 10.2 Å². The second-order valence-electron chi connectivity index (χ2n) is 3.76. The van der Waals surface area contributed by atoms with Gasteiger partial charge < -0.3 is 5.11 Å². The molecule has 0 saturated carbocycles. The lowest BCUT2D eigenvalue weighted by Crippen LogP contribution is -2.18. The number of nitrogens with zero attached hydrogens (tertiary/aromatic N) is 4. The van der Waals surface area contributed by atoms with Crippen LogP contribution in [0.4, 0.5) is 0 Å². The highest BCUT2D eigenvalue weighted by atomic mass is 16.4. The molecule has 84 valence electrons. The van der Waals surface area contributed by atoms with Crippen LogP contribution < -0.4 is 0 Å². The molecular formula is C10H12N4O2. The van der Waals surface area contributed by atoms with Gasteiger partial charge in [-0.25, -0.2) is 4.98 Å². The molecule has 0 aliphatic heterocycles. The second kappa shape index (κ2) is 3.88. The number of carbonyl (C=O) groups is 1. The van der Waals surface area contributed by atoms with E-state index in [1.807, 2.05) is 6.92 Å². The average Bonchev–Trinajstić information content (AvgIpc) is 2.70. The molecule has 6 nitrogen and oxygen atoms in total. The minimum absolute atomic E-state index is 0.211. The minimum atomic E-state index is -0.840. The molecule has 2 rings (SSSR count). The van der Waals surface area contributed by atoms with E-state index in [0.29, 0.717) is 11.6 Å². The molecule has 2 atom stereocenters. The smallest absolute Gasteiger partial charge is 0.306 e. The molecule has 1 N–H and O–H groups in total. The number of rotatable bonds is 3. The fourth-order valence-corrected chi connectivity index (χ4v) is 1.51. The molecule has 2 aromatic heterocycles. The number of fused-ring (bicyclic) bond motifs is 1. The van der Waals surface area contributed by atoms with Crippen LogP contribution in [0.25, 0.3) is 5.78 Å². The van der Waals surface area contributed by atoms with E-state index in [0.717, 1.165) is 0 Å². The molecule has 0 amide bonds. The third-order valence-electron chi connectivity index (χ3n) is 2.76. The summed E-state index contributed by atoms with van der Waals surface area (Å²) in [5.74, 6) is -0.447. The van der Waals surface area contributed by atoms with Crippen molar-refractivity contribution in [2.45, 2.75) is 19.8 Å². The fourth-order valence-electron chi connectivity index (χ4n) is 1.51. The van der Waals surface area contributed by atoms with Gasteiger partial charge in [0.1, 0.15) is 5.82 Å². The van der Waals surface area contributed by atoms with E-state index in [1.54, 1.807) is 29.8 Å². The molecule has 0 aromatic carbocycles. The summed E-state index contributed by atoms with van der Waals surface area (Å²) in [5.41, 5.74) is 0. The summed E-state index contributed by atoms with van der Waals surface area (Å²) in [6.07, 6.45) is 3.40. The third kappa shape index (κ3) is 1.62. The summed E-state index contributed by atoms with van der Waals surface area (Å²) in [5, 5.41) is 16.8. The highest BCUT2D eigenvalue weighted by molar-refractivity contribution is 5.70. The van der Waals surface area contributed by atoms with Crippen molar-refractivity contribution in [3.05, 3.63) is 24.3 Å². The van der Waals surface area contributed by atoms with E-state index < -0.39 is 11.9 Å². The Hall–Kier alpha value is -1.98. The minimum Gasteiger partial charge on any atom is -0.481 e. The molecular weight excluding hydrogens is 208 g/mol. The van der Waals surface area contributed by atoms with E-state index in [4.69, 9.17) is 5.11 Å². The van der Waals surface area contributed by atoms with E-state index >= 15 is 0 Å². The van der Waals surface area contributed by atoms with E-state index in [2.05, 4.69) is 15.2 Å². The molecule has 0 bridgehead atoms.